The van der Waals surface area contributed by atoms with Crippen molar-refractivity contribution in [2.24, 2.45) is 5.41 Å². The monoisotopic (exact) mass is 230 g/mol. The summed E-state index contributed by atoms with van der Waals surface area (Å²) < 4.78 is 36.9. The molecule has 1 aliphatic rings. The number of halogens is 3. The van der Waals surface area contributed by atoms with E-state index < -0.39 is 17.8 Å². The number of alkyl halides is 3. The van der Waals surface area contributed by atoms with Crippen LogP contribution in [0.4, 0.5) is 13.2 Å². The van der Waals surface area contributed by atoms with Gasteiger partial charge < -0.3 is 5.11 Å². The molecule has 2 rings (SSSR count). The molecule has 0 spiro atoms. The maximum atomic E-state index is 12.3. The summed E-state index contributed by atoms with van der Waals surface area (Å²) in [5, 5.41) is 9.93. The fourth-order valence-corrected chi connectivity index (χ4v) is 1.73. The van der Waals surface area contributed by atoms with Gasteiger partial charge in [-0.15, -0.1) is 0 Å². The molecule has 1 atom stereocenters. The number of aliphatic hydroxyl groups excluding tert-OH is 1. The van der Waals surface area contributed by atoms with E-state index in [0.717, 1.165) is 25.0 Å². The summed E-state index contributed by atoms with van der Waals surface area (Å²) >= 11 is 0. The minimum atomic E-state index is -4.31. The normalized spacial score (nSPS) is 20.6. The fourth-order valence-electron chi connectivity index (χ4n) is 1.73. The molecule has 16 heavy (non-hydrogen) atoms. The van der Waals surface area contributed by atoms with Crippen molar-refractivity contribution >= 4 is 0 Å². The van der Waals surface area contributed by atoms with Crippen LogP contribution in [0.5, 0.6) is 0 Å². The van der Waals surface area contributed by atoms with Crippen LogP contribution in [-0.4, -0.2) is 5.11 Å². The average Bonchev–Trinajstić information content (AvgIpc) is 2.96. The second-order valence-corrected chi connectivity index (χ2v) is 4.68. The van der Waals surface area contributed by atoms with E-state index in [-0.39, 0.29) is 5.41 Å². The zero-order valence-electron chi connectivity index (χ0n) is 8.88. The van der Waals surface area contributed by atoms with Gasteiger partial charge >= 0.3 is 6.18 Å². The Morgan fingerprint density at radius 2 is 1.69 bits per heavy atom. The van der Waals surface area contributed by atoms with Crippen molar-refractivity contribution in [2.75, 3.05) is 0 Å². The fraction of sp³-hybridized carbons (Fsp3) is 0.500. The highest BCUT2D eigenvalue weighted by molar-refractivity contribution is 5.28. The summed E-state index contributed by atoms with van der Waals surface area (Å²) in [5.41, 5.74) is -0.253. The van der Waals surface area contributed by atoms with Crippen LogP contribution in [0.3, 0.4) is 0 Å². The Bertz CT molecular complexity index is 376. The van der Waals surface area contributed by atoms with Crippen molar-refractivity contribution in [1.82, 2.24) is 0 Å². The number of hydrogen-bond acceptors (Lipinski definition) is 1. The minimum absolute atomic E-state index is 0.139. The van der Waals surface area contributed by atoms with Crippen molar-refractivity contribution in [3.8, 4) is 0 Å². The van der Waals surface area contributed by atoms with Crippen molar-refractivity contribution in [3.63, 3.8) is 0 Å². The molecule has 0 amide bonds. The van der Waals surface area contributed by atoms with Crippen LogP contribution < -0.4 is 0 Å². The van der Waals surface area contributed by atoms with Gasteiger partial charge in [-0.2, -0.15) is 13.2 Å². The van der Waals surface area contributed by atoms with Gasteiger partial charge in [0.2, 0.25) is 0 Å². The molecular formula is C12H13F3O. The SMILES string of the molecule is CC1(C(O)c2ccc(C(F)(F)F)cc2)CC1. The van der Waals surface area contributed by atoms with Crippen LogP contribution in [-0.2, 0) is 6.18 Å². The Morgan fingerprint density at radius 3 is 2.06 bits per heavy atom. The van der Waals surface area contributed by atoms with Gasteiger partial charge in [-0.05, 0) is 36.0 Å². The Labute approximate surface area is 91.9 Å². The van der Waals surface area contributed by atoms with E-state index in [1.165, 1.54) is 12.1 Å². The highest BCUT2D eigenvalue weighted by atomic mass is 19.4. The third kappa shape index (κ3) is 2.07. The Kier molecular flexibility index (Phi) is 2.49. The molecule has 0 aliphatic heterocycles. The van der Waals surface area contributed by atoms with Crippen molar-refractivity contribution in [3.05, 3.63) is 35.4 Å². The van der Waals surface area contributed by atoms with E-state index in [0.29, 0.717) is 5.56 Å². The third-order valence-electron chi connectivity index (χ3n) is 3.25. The predicted molar refractivity (Wildman–Crippen MR) is 53.7 cm³/mol. The number of rotatable bonds is 2. The molecule has 0 aromatic heterocycles. The molecule has 0 bridgehead atoms. The molecule has 1 N–H and O–H groups in total. The lowest BCUT2D eigenvalue weighted by Gasteiger charge is -2.18. The summed E-state index contributed by atoms with van der Waals surface area (Å²) in [6, 6.07) is 4.75. The van der Waals surface area contributed by atoms with Gasteiger partial charge in [0.25, 0.3) is 0 Å². The molecule has 1 aromatic carbocycles. The molecule has 0 radical (unpaired) electrons. The second kappa shape index (κ2) is 3.48. The zero-order valence-corrected chi connectivity index (χ0v) is 8.88. The Morgan fingerprint density at radius 1 is 1.19 bits per heavy atom. The predicted octanol–water partition coefficient (Wildman–Crippen LogP) is 3.54. The number of aliphatic hydroxyl groups is 1. The number of benzene rings is 1. The van der Waals surface area contributed by atoms with Crippen molar-refractivity contribution in [2.45, 2.75) is 32.0 Å². The first-order chi connectivity index (χ1) is 7.33. The highest BCUT2D eigenvalue weighted by Crippen LogP contribution is 2.54. The van der Waals surface area contributed by atoms with Crippen LogP contribution in [0.25, 0.3) is 0 Å². The zero-order chi connectivity index (χ0) is 12.0. The summed E-state index contributed by atoms with van der Waals surface area (Å²) in [4.78, 5) is 0. The van der Waals surface area contributed by atoms with Gasteiger partial charge in [0, 0.05) is 0 Å². The van der Waals surface area contributed by atoms with Gasteiger partial charge in [0.15, 0.2) is 0 Å². The van der Waals surface area contributed by atoms with Crippen LogP contribution >= 0.6 is 0 Å². The van der Waals surface area contributed by atoms with Crippen LogP contribution in [0, 0.1) is 5.41 Å². The number of hydrogen-bond donors (Lipinski definition) is 1. The summed E-state index contributed by atoms with van der Waals surface area (Å²) in [7, 11) is 0. The Balaban J connectivity index is 2.19. The molecule has 4 heteroatoms. The molecule has 0 saturated heterocycles. The first-order valence-electron chi connectivity index (χ1n) is 5.18. The van der Waals surface area contributed by atoms with Gasteiger partial charge in [-0.3, -0.25) is 0 Å². The van der Waals surface area contributed by atoms with Crippen LogP contribution in [0.2, 0.25) is 0 Å². The molecule has 1 aromatic rings. The lowest BCUT2D eigenvalue weighted by Crippen LogP contribution is -2.10. The van der Waals surface area contributed by atoms with Crippen molar-refractivity contribution in [1.29, 1.82) is 0 Å². The minimum Gasteiger partial charge on any atom is -0.388 e. The lowest BCUT2D eigenvalue weighted by atomic mass is 9.94. The molecule has 0 heterocycles. The van der Waals surface area contributed by atoms with E-state index in [1.807, 2.05) is 6.92 Å². The van der Waals surface area contributed by atoms with E-state index in [4.69, 9.17) is 0 Å². The Hall–Kier alpha value is -1.03. The van der Waals surface area contributed by atoms with Gasteiger partial charge in [-0.1, -0.05) is 19.1 Å². The molecule has 1 nitrogen and oxygen atoms in total. The van der Waals surface area contributed by atoms with Crippen molar-refractivity contribution < 1.29 is 18.3 Å². The smallest absolute Gasteiger partial charge is 0.388 e. The maximum Gasteiger partial charge on any atom is 0.416 e. The topological polar surface area (TPSA) is 20.2 Å². The van der Waals surface area contributed by atoms with E-state index in [2.05, 4.69) is 0 Å². The molecule has 1 saturated carbocycles. The largest absolute Gasteiger partial charge is 0.416 e. The highest BCUT2D eigenvalue weighted by Gasteiger charge is 2.44. The first kappa shape index (κ1) is 11.5. The van der Waals surface area contributed by atoms with E-state index in [1.54, 1.807) is 0 Å². The molecule has 1 fully saturated rings. The standard InChI is InChI=1S/C12H13F3O/c1-11(6-7-11)10(16)8-2-4-9(5-3-8)12(13,14)15/h2-5,10,16H,6-7H2,1H3. The maximum absolute atomic E-state index is 12.3. The molecule has 1 unspecified atom stereocenters. The summed E-state index contributed by atoms with van der Waals surface area (Å²) in [6.07, 6.45) is -3.12. The quantitative estimate of drug-likeness (QED) is 0.823. The van der Waals surface area contributed by atoms with Crippen LogP contribution in [0.1, 0.15) is 37.0 Å². The first-order valence-corrected chi connectivity index (χ1v) is 5.18. The lowest BCUT2D eigenvalue weighted by molar-refractivity contribution is -0.137. The van der Waals surface area contributed by atoms with Crippen LogP contribution in [0.15, 0.2) is 24.3 Å². The summed E-state index contributed by atoms with van der Waals surface area (Å²) in [6.45, 7) is 1.94. The van der Waals surface area contributed by atoms with E-state index >= 15 is 0 Å². The van der Waals surface area contributed by atoms with E-state index in [9.17, 15) is 18.3 Å². The molecular weight excluding hydrogens is 217 g/mol. The molecule has 1 aliphatic carbocycles. The molecule has 88 valence electrons. The average molecular weight is 230 g/mol. The van der Waals surface area contributed by atoms with Gasteiger partial charge in [-0.25, -0.2) is 0 Å². The summed E-state index contributed by atoms with van der Waals surface area (Å²) in [5.74, 6) is 0. The van der Waals surface area contributed by atoms with Gasteiger partial charge in [0.05, 0.1) is 11.7 Å². The third-order valence-corrected chi connectivity index (χ3v) is 3.25. The second-order valence-electron chi connectivity index (χ2n) is 4.68. The van der Waals surface area contributed by atoms with Gasteiger partial charge in [0.1, 0.15) is 0 Å².